The van der Waals surface area contributed by atoms with Gasteiger partial charge in [-0.2, -0.15) is 0 Å². The van der Waals surface area contributed by atoms with Gasteiger partial charge in [0, 0.05) is 29.2 Å². The van der Waals surface area contributed by atoms with Crippen LogP contribution in [0, 0.1) is 3.57 Å². The third-order valence-corrected chi connectivity index (χ3v) is 4.23. The van der Waals surface area contributed by atoms with E-state index in [-0.39, 0.29) is 0 Å². The molecule has 0 bridgehead atoms. The Hall–Kier alpha value is -0.170. The fraction of sp³-hybridized carbons (Fsp3) is 0.571. The van der Waals surface area contributed by atoms with E-state index in [9.17, 15) is 0 Å². The molecule has 0 spiro atoms. The van der Waals surface area contributed by atoms with Crippen LogP contribution in [0.15, 0.2) is 24.3 Å². The molecule has 2 atom stereocenters. The van der Waals surface area contributed by atoms with Gasteiger partial charge in [0.05, 0.1) is 12.7 Å². The highest BCUT2D eigenvalue weighted by molar-refractivity contribution is 14.1. The summed E-state index contributed by atoms with van der Waals surface area (Å²) in [6.07, 6.45) is 0.315. The lowest BCUT2D eigenvalue weighted by Gasteiger charge is -2.31. The Morgan fingerprint density at radius 1 is 1.44 bits per heavy atom. The summed E-state index contributed by atoms with van der Waals surface area (Å²) >= 11 is 2.34. The third kappa shape index (κ3) is 3.91. The first-order chi connectivity index (χ1) is 8.66. The lowest BCUT2D eigenvalue weighted by molar-refractivity contribution is 0.00393. The summed E-state index contributed by atoms with van der Waals surface area (Å²) in [6.45, 7) is 5.99. The van der Waals surface area contributed by atoms with Crippen molar-refractivity contribution in [2.75, 3.05) is 33.3 Å². The van der Waals surface area contributed by atoms with E-state index in [2.05, 4.69) is 71.0 Å². The van der Waals surface area contributed by atoms with Crippen LogP contribution in [0.1, 0.15) is 18.5 Å². The molecule has 1 heterocycles. The van der Waals surface area contributed by atoms with Gasteiger partial charge in [-0.3, -0.25) is 4.90 Å². The molecule has 3 nitrogen and oxygen atoms in total. The first-order valence-electron chi connectivity index (χ1n) is 6.45. The monoisotopic (exact) mass is 360 g/mol. The maximum Gasteiger partial charge on any atom is 0.0826 e. The Morgan fingerprint density at radius 3 is 2.78 bits per heavy atom. The highest BCUT2D eigenvalue weighted by Gasteiger charge is 2.19. The molecule has 0 radical (unpaired) electrons. The number of hydrogen-bond acceptors (Lipinski definition) is 3. The summed E-state index contributed by atoms with van der Waals surface area (Å²) < 4.78 is 7.03. The molecular weight excluding hydrogens is 339 g/mol. The molecular formula is C14H21IN2O. The minimum atomic E-state index is 0.315. The molecule has 1 aliphatic rings. The third-order valence-electron chi connectivity index (χ3n) is 3.51. The van der Waals surface area contributed by atoms with Crippen LogP contribution in [0.3, 0.4) is 0 Å². The summed E-state index contributed by atoms with van der Waals surface area (Å²) in [5.41, 5.74) is 1.36. The van der Waals surface area contributed by atoms with Gasteiger partial charge in [0.15, 0.2) is 0 Å². The van der Waals surface area contributed by atoms with Crippen molar-refractivity contribution < 1.29 is 4.74 Å². The second-order valence-electron chi connectivity index (χ2n) is 4.86. The Kier molecular flexibility index (Phi) is 5.41. The number of morpholine rings is 1. The number of halogens is 1. The minimum absolute atomic E-state index is 0.315. The van der Waals surface area contributed by atoms with Crippen molar-refractivity contribution in [3.05, 3.63) is 33.4 Å². The highest BCUT2D eigenvalue weighted by atomic mass is 127. The van der Waals surface area contributed by atoms with Gasteiger partial charge in [0.2, 0.25) is 0 Å². The van der Waals surface area contributed by atoms with Crippen molar-refractivity contribution in [1.82, 2.24) is 10.2 Å². The maximum absolute atomic E-state index is 5.75. The van der Waals surface area contributed by atoms with Crippen LogP contribution in [0.5, 0.6) is 0 Å². The number of nitrogens with one attached hydrogen (secondary N) is 1. The van der Waals surface area contributed by atoms with E-state index in [1.807, 2.05) is 0 Å². The Labute approximate surface area is 123 Å². The van der Waals surface area contributed by atoms with Gasteiger partial charge in [-0.1, -0.05) is 12.1 Å². The van der Waals surface area contributed by atoms with Gasteiger partial charge in [0.25, 0.3) is 0 Å². The molecule has 1 aliphatic heterocycles. The summed E-state index contributed by atoms with van der Waals surface area (Å²) in [4.78, 5) is 2.36. The van der Waals surface area contributed by atoms with E-state index < -0.39 is 0 Å². The van der Waals surface area contributed by atoms with Crippen LogP contribution in [-0.4, -0.2) is 44.3 Å². The Bertz CT molecular complexity index is 363. The quantitative estimate of drug-likeness (QED) is 0.834. The SMILES string of the molecule is CC(c1ccc(I)cc1)N(C)CC1CNCCO1. The Balaban J connectivity index is 1.91. The van der Waals surface area contributed by atoms with Gasteiger partial charge in [-0.05, 0) is 54.3 Å². The molecule has 18 heavy (non-hydrogen) atoms. The second kappa shape index (κ2) is 6.84. The van der Waals surface area contributed by atoms with Crippen LogP contribution < -0.4 is 5.32 Å². The minimum Gasteiger partial charge on any atom is -0.374 e. The zero-order valence-electron chi connectivity index (χ0n) is 11.0. The summed E-state index contributed by atoms with van der Waals surface area (Å²) in [5, 5.41) is 3.37. The first kappa shape index (κ1) is 14.2. The summed E-state index contributed by atoms with van der Waals surface area (Å²) in [7, 11) is 2.17. The molecule has 2 rings (SSSR count). The number of likely N-dealkylation sites (N-methyl/N-ethyl adjacent to an activating group) is 1. The molecule has 100 valence electrons. The molecule has 0 saturated carbocycles. The number of hydrogen-bond donors (Lipinski definition) is 1. The van der Waals surface area contributed by atoms with Gasteiger partial charge >= 0.3 is 0 Å². The predicted molar refractivity (Wildman–Crippen MR) is 82.8 cm³/mol. The first-order valence-corrected chi connectivity index (χ1v) is 7.52. The standard InChI is InChI=1S/C14H21IN2O/c1-11(12-3-5-13(15)6-4-12)17(2)10-14-9-16-7-8-18-14/h3-6,11,14,16H,7-10H2,1-2H3. The maximum atomic E-state index is 5.75. The highest BCUT2D eigenvalue weighted by Crippen LogP contribution is 2.20. The lowest BCUT2D eigenvalue weighted by atomic mass is 10.1. The number of ether oxygens (including phenoxy) is 1. The van der Waals surface area contributed by atoms with Crippen molar-refractivity contribution in [2.24, 2.45) is 0 Å². The van der Waals surface area contributed by atoms with Crippen LogP contribution >= 0.6 is 22.6 Å². The number of rotatable bonds is 4. The van der Waals surface area contributed by atoms with E-state index in [1.54, 1.807) is 0 Å². The smallest absolute Gasteiger partial charge is 0.0826 e. The molecule has 1 aromatic carbocycles. The average Bonchev–Trinajstić information content (AvgIpc) is 2.40. The molecule has 4 heteroatoms. The zero-order valence-corrected chi connectivity index (χ0v) is 13.2. The van der Waals surface area contributed by atoms with Crippen LogP contribution in [0.4, 0.5) is 0 Å². The largest absolute Gasteiger partial charge is 0.374 e. The van der Waals surface area contributed by atoms with E-state index in [1.165, 1.54) is 9.13 Å². The normalized spacial score (nSPS) is 22.1. The van der Waals surface area contributed by atoms with E-state index >= 15 is 0 Å². The summed E-state index contributed by atoms with van der Waals surface area (Å²) in [6, 6.07) is 9.18. The molecule has 0 amide bonds. The van der Waals surface area contributed by atoms with Crippen molar-refractivity contribution >= 4 is 22.6 Å². The van der Waals surface area contributed by atoms with Crippen LogP contribution in [0.25, 0.3) is 0 Å². The second-order valence-corrected chi connectivity index (χ2v) is 6.11. The van der Waals surface area contributed by atoms with E-state index in [0.29, 0.717) is 12.1 Å². The lowest BCUT2D eigenvalue weighted by Crippen LogP contribution is -2.44. The average molecular weight is 360 g/mol. The fourth-order valence-electron chi connectivity index (χ4n) is 2.21. The molecule has 1 N–H and O–H groups in total. The van der Waals surface area contributed by atoms with E-state index in [0.717, 1.165) is 26.2 Å². The summed E-state index contributed by atoms with van der Waals surface area (Å²) in [5.74, 6) is 0. The molecule has 2 unspecified atom stereocenters. The van der Waals surface area contributed by atoms with Gasteiger partial charge in [-0.15, -0.1) is 0 Å². The molecule has 1 fully saturated rings. The van der Waals surface area contributed by atoms with Crippen LogP contribution in [0.2, 0.25) is 0 Å². The topological polar surface area (TPSA) is 24.5 Å². The van der Waals surface area contributed by atoms with Crippen molar-refractivity contribution in [3.8, 4) is 0 Å². The van der Waals surface area contributed by atoms with E-state index in [4.69, 9.17) is 4.74 Å². The van der Waals surface area contributed by atoms with Crippen molar-refractivity contribution in [2.45, 2.75) is 19.1 Å². The molecule has 1 aromatic rings. The zero-order chi connectivity index (χ0) is 13.0. The molecule has 0 aliphatic carbocycles. The van der Waals surface area contributed by atoms with Crippen molar-refractivity contribution in [1.29, 1.82) is 0 Å². The predicted octanol–water partition coefficient (Wildman–Crippen LogP) is 2.27. The van der Waals surface area contributed by atoms with Crippen LogP contribution in [-0.2, 0) is 4.74 Å². The van der Waals surface area contributed by atoms with Gasteiger partial charge < -0.3 is 10.1 Å². The van der Waals surface area contributed by atoms with Gasteiger partial charge in [-0.25, -0.2) is 0 Å². The number of benzene rings is 1. The van der Waals surface area contributed by atoms with Crippen molar-refractivity contribution in [3.63, 3.8) is 0 Å². The Morgan fingerprint density at radius 2 is 2.17 bits per heavy atom. The fourth-order valence-corrected chi connectivity index (χ4v) is 2.57. The van der Waals surface area contributed by atoms with Gasteiger partial charge in [0.1, 0.15) is 0 Å². The number of nitrogens with zero attached hydrogens (tertiary/aromatic N) is 1. The molecule has 0 aromatic heterocycles. The molecule has 1 saturated heterocycles.